The van der Waals surface area contributed by atoms with Gasteiger partial charge in [-0.05, 0) is 17.6 Å². The van der Waals surface area contributed by atoms with Crippen LogP contribution < -0.4 is 5.73 Å². The maximum absolute atomic E-state index is 5.53. The molecule has 0 aromatic rings. The van der Waals surface area contributed by atoms with E-state index in [-0.39, 0.29) is 0 Å². The van der Waals surface area contributed by atoms with E-state index in [9.17, 15) is 0 Å². The highest BCUT2D eigenvalue weighted by Gasteiger charge is 1.96. The van der Waals surface area contributed by atoms with Gasteiger partial charge in [0.05, 0.1) is 0 Å². The summed E-state index contributed by atoms with van der Waals surface area (Å²) in [6, 6.07) is 0. The molecule has 0 saturated carbocycles. The van der Waals surface area contributed by atoms with Crippen molar-refractivity contribution in [3.8, 4) is 0 Å². The lowest BCUT2D eigenvalue weighted by Crippen LogP contribution is -2.04. The Bertz CT molecular complexity index is 231. The number of allylic oxidation sites excluding steroid dienone is 5. The second kappa shape index (κ2) is 3.94. The summed E-state index contributed by atoms with van der Waals surface area (Å²) >= 11 is 0. The highest BCUT2D eigenvalue weighted by Crippen LogP contribution is 2.11. The topological polar surface area (TPSA) is 26.0 Å². The van der Waals surface area contributed by atoms with Crippen molar-refractivity contribution in [3.63, 3.8) is 0 Å². The molecule has 0 bridgehead atoms. The molecule has 0 amide bonds. The first-order valence-corrected chi connectivity index (χ1v) is 3.76. The second-order valence-electron chi connectivity index (χ2n) is 2.48. The fourth-order valence-corrected chi connectivity index (χ4v) is 0.992. The van der Waals surface area contributed by atoms with E-state index >= 15 is 0 Å². The molecule has 0 aromatic carbocycles. The average Bonchev–Trinajstić information content (AvgIpc) is 1.98. The van der Waals surface area contributed by atoms with E-state index in [0.29, 0.717) is 6.54 Å². The van der Waals surface area contributed by atoms with Crippen LogP contribution in [0, 0.1) is 0 Å². The molecule has 1 rings (SSSR count). The van der Waals surface area contributed by atoms with Crippen molar-refractivity contribution in [2.24, 2.45) is 5.73 Å². The average molecular weight is 147 g/mol. The van der Waals surface area contributed by atoms with E-state index < -0.39 is 0 Å². The van der Waals surface area contributed by atoms with Gasteiger partial charge in [-0.15, -0.1) is 0 Å². The first kappa shape index (κ1) is 8.02. The van der Waals surface area contributed by atoms with Crippen molar-refractivity contribution in [1.29, 1.82) is 0 Å². The first-order valence-electron chi connectivity index (χ1n) is 3.76. The summed E-state index contributed by atoms with van der Waals surface area (Å²) < 4.78 is 0. The van der Waals surface area contributed by atoms with Crippen LogP contribution in [0.2, 0.25) is 0 Å². The van der Waals surface area contributed by atoms with Crippen molar-refractivity contribution < 1.29 is 0 Å². The van der Waals surface area contributed by atoms with Gasteiger partial charge in [0, 0.05) is 6.54 Å². The zero-order valence-electron chi connectivity index (χ0n) is 6.59. The smallest absolute Gasteiger partial charge is 0.0180 e. The number of rotatable bonds is 1. The lowest BCUT2D eigenvalue weighted by Gasteiger charge is -2.04. The SMILES string of the molecule is C=C1/C=C\C=C/CC=C1CN. The van der Waals surface area contributed by atoms with Crippen molar-refractivity contribution in [2.75, 3.05) is 6.54 Å². The van der Waals surface area contributed by atoms with Gasteiger partial charge in [0.2, 0.25) is 0 Å². The van der Waals surface area contributed by atoms with Crippen LogP contribution in [0.15, 0.2) is 48.1 Å². The molecule has 1 heteroatoms. The van der Waals surface area contributed by atoms with Gasteiger partial charge < -0.3 is 5.73 Å². The van der Waals surface area contributed by atoms with Gasteiger partial charge in [0.15, 0.2) is 0 Å². The monoisotopic (exact) mass is 147 g/mol. The van der Waals surface area contributed by atoms with E-state index in [1.165, 1.54) is 0 Å². The molecule has 0 aromatic heterocycles. The summed E-state index contributed by atoms with van der Waals surface area (Å²) in [5.74, 6) is 0. The normalized spacial score (nSPS) is 23.4. The zero-order valence-corrected chi connectivity index (χ0v) is 6.59. The third-order valence-electron chi connectivity index (χ3n) is 1.68. The minimum atomic E-state index is 0.580. The van der Waals surface area contributed by atoms with Crippen molar-refractivity contribution in [2.45, 2.75) is 6.42 Å². The molecule has 1 nitrogen and oxygen atoms in total. The van der Waals surface area contributed by atoms with Gasteiger partial charge in [-0.3, -0.25) is 0 Å². The summed E-state index contributed by atoms with van der Waals surface area (Å²) in [6.45, 7) is 4.48. The van der Waals surface area contributed by atoms with E-state index in [4.69, 9.17) is 5.73 Å². The van der Waals surface area contributed by atoms with Gasteiger partial charge in [-0.25, -0.2) is 0 Å². The Morgan fingerprint density at radius 2 is 2.27 bits per heavy atom. The molecule has 11 heavy (non-hydrogen) atoms. The third kappa shape index (κ3) is 2.20. The van der Waals surface area contributed by atoms with E-state index in [0.717, 1.165) is 17.6 Å². The Morgan fingerprint density at radius 3 is 3.00 bits per heavy atom. The highest BCUT2D eigenvalue weighted by atomic mass is 14.5. The van der Waals surface area contributed by atoms with Crippen molar-refractivity contribution in [3.05, 3.63) is 48.1 Å². The Hall–Kier alpha value is -1.08. The quantitative estimate of drug-likeness (QED) is 0.602. The molecule has 1 aliphatic carbocycles. The zero-order chi connectivity index (χ0) is 8.10. The molecular formula is C10H13N. The molecule has 0 aliphatic heterocycles. The summed E-state index contributed by atoms with van der Waals surface area (Å²) in [7, 11) is 0. The fraction of sp³-hybridized carbons (Fsp3) is 0.200. The van der Waals surface area contributed by atoms with E-state index in [1.54, 1.807) is 0 Å². The van der Waals surface area contributed by atoms with Crippen LogP contribution >= 0.6 is 0 Å². The van der Waals surface area contributed by atoms with E-state index in [1.807, 2.05) is 18.2 Å². The lowest BCUT2D eigenvalue weighted by atomic mass is 10.0. The molecule has 0 fully saturated rings. The summed E-state index contributed by atoms with van der Waals surface area (Å²) in [4.78, 5) is 0. The Morgan fingerprint density at radius 1 is 1.45 bits per heavy atom. The number of hydrogen-bond donors (Lipinski definition) is 1. The second-order valence-corrected chi connectivity index (χ2v) is 2.48. The van der Waals surface area contributed by atoms with Crippen LogP contribution in [-0.2, 0) is 0 Å². The Labute approximate surface area is 67.6 Å². The highest BCUT2D eigenvalue weighted by molar-refractivity contribution is 5.40. The maximum Gasteiger partial charge on any atom is 0.0180 e. The minimum absolute atomic E-state index is 0.580. The van der Waals surface area contributed by atoms with Crippen LogP contribution in [0.1, 0.15) is 6.42 Å². The van der Waals surface area contributed by atoms with Gasteiger partial charge in [-0.1, -0.05) is 37.0 Å². The summed E-state index contributed by atoms with van der Waals surface area (Å²) in [6.07, 6.45) is 11.2. The predicted molar refractivity (Wildman–Crippen MR) is 49.2 cm³/mol. The predicted octanol–water partition coefficient (Wildman–Crippen LogP) is 1.94. The molecule has 0 radical (unpaired) electrons. The van der Waals surface area contributed by atoms with Crippen LogP contribution in [0.3, 0.4) is 0 Å². The molecule has 58 valence electrons. The fourth-order valence-electron chi connectivity index (χ4n) is 0.992. The van der Waals surface area contributed by atoms with Gasteiger partial charge in [0.25, 0.3) is 0 Å². The van der Waals surface area contributed by atoms with Crippen LogP contribution in [0.25, 0.3) is 0 Å². The Balaban J connectivity index is 2.83. The first-order chi connectivity index (χ1) is 5.34. The van der Waals surface area contributed by atoms with Gasteiger partial charge >= 0.3 is 0 Å². The van der Waals surface area contributed by atoms with Gasteiger partial charge in [0.1, 0.15) is 0 Å². The van der Waals surface area contributed by atoms with Gasteiger partial charge in [-0.2, -0.15) is 0 Å². The molecule has 0 heterocycles. The lowest BCUT2D eigenvalue weighted by molar-refractivity contribution is 1.14. The van der Waals surface area contributed by atoms with Crippen molar-refractivity contribution >= 4 is 0 Å². The summed E-state index contributed by atoms with van der Waals surface area (Å²) in [5, 5.41) is 0. The molecule has 0 unspecified atom stereocenters. The third-order valence-corrected chi connectivity index (χ3v) is 1.68. The Kier molecular flexibility index (Phi) is 2.87. The number of nitrogens with two attached hydrogens (primary N) is 1. The standard InChI is InChI=1S/C10H13N/c1-9-6-4-2-3-5-7-10(9)8-11/h2-4,6-7H,1,5,8,11H2/b3-2-,6-4-,10-7?. The summed E-state index contributed by atoms with van der Waals surface area (Å²) in [5.41, 5.74) is 7.70. The van der Waals surface area contributed by atoms with Crippen LogP contribution in [0.4, 0.5) is 0 Å². The number of hydrogen-bond acceptors (Lipinski definition) is 1. The molecule has 1 aliphatic rings. The van der Waals surface area contributed by atoms with E-state index in [2.05, 4.69) is 18.7 Å². The minimum Gasteiger partial charge on any atom is -0.326 e. The molecular weight excluding hydrogens is 134 g/mol. The maximum atomic E-state index is 5.53. The molecule has 0 atom stereocenters. The van der Waals surface area contributed by atoms with Crippen molar-refractivity contribution in [1.82, 2.24) is 0 Å². The molecule has 0 spiro atoms. The van der Waals surface area contributed by atoms with Crippen LogP contribution in [-0.4, -0.2) is 6.54 Å². The van der Waals surface area contributed by atoms with Crippen LogP contribution in [0.5, 0.6) is 0 Å². The largest absolute Gasteiger partial charge is 0.326 e. The molecule has 2 N–H and O–H groups in total. The molecule has 0 saturated heterocycles.